The van der Waals surface area contributed by atoms with Crippen molar-refractivity contribution in [3.05, 3.63) is 51.7 Å². The fourth-order valence-electron chi connectivity index (χ4n) is 1.41. The molecule has 0 saturated heterocycles. The fraction of sp³-hybridized carbons (Fsp3) is 0.143. The van der Waals surface area contributed by atoms with Gasteiger partial charge in [0.25, 0.3) is 0 Å². The van der Waals surface area contributed by atoms with E-state index >= 15 is 0 Å². The summed E-state index contributed by atoms with van der Waals surface area (Å²) in [6.07, 6.45) is 0. The van der Waals surface area contributed by atoms with Crippen molar-refractivity contribution < 1.29 is 8.78 Å². The quantitative estimate of drug-likeness (QED) is 0.691. The zero-order valence-corrected chi connectivity index (χ0v) is 11.6. The molecule has 2 rings (SSSR count). The van der Waals surface area contributed by atoms with E-state index in [4.69, 9.17) is 5.73 Å². The first-order valence-electron chi connectivity index (χ1n) is 5.53. The molecular weight excluding hydrogens is 284 g/mol. The molecule has 0 aliphatic rings. The molecule has 1 heterocycles. The van der Waals surface area contributed by atoms with Crippen LogP contribution in [0.4, 0.5) is 8.78 Å². The van der Waals surface area contributed by atoms with Gasteiger partial charge in [0.15, 0.2) is 0 Å². The summed E-state index contributed by atoms with van der Waals surface area (Å²) < 4.78 is 26.4. The van der Waals surface area contributed by atoms with Gasteiger partial charge in [-0.15, -0.1) is 23.1 Å². The molecule has 0 aliphatic carbocycles. The second-order valence-electron chi connectivity index (χ2n) is 3.67. The molecule has 5 heteroatoms. The maximum absolute atomic E-state index is 13.4. The normalized spacial score (nSPS) is 10.1. The van der Waals surface area contributed by atoms with Crippen LogP contribution in [-0.2, 0) is 5.75 Å². The molecule has 0 atom stereocenters. The number of thiophene rings is 1. The lowest BCUT2D eigenvalue weighted by Gasteiger charge is -2.01. The first-order valence-corrected chi connectivity index (χ1v) is 7.40. The fourth-order valence-corrected chi connectivity index (χ4v) is 3.24. The van der Waals surface area contributed by atoms with Gasteiger partial charge >= 0.3 is 0 Å². The molecule has 0 radical (unpaired) electrons. The number of thioether (sulfide) groups is 1. The highest BCUT2D eigenvalue weighted by Crippen LogP contribution is 2.28. The van der Waals surface area contributed by atoms with Crippen molar-refractivity contribution in [3.8, 4) is 11.8 Å². The molecule has 2 N–H and O–H groups in total. The third kappa shape index (κ3) is 4.06. The van der Waals surface area contributed by atoms with Gasteiger partial charge in [-0.3, -0.25) is 0 Å². The average Bonchev–Trinajstić information content (AvgIpc) is 2.85. The second-order valence-corrected chi connectivity index (χ2v) is 5.68. The maximum Gasteiger partial charge on any atom is 0.136 e. The Kier molecular flexibility index (Phi) is 4.97. The number of nitrogens with two attached hydrogens (primary N) is 1. The van der Waals surface area contributed by atoms with Gasteiger partial charge in [-0.1, -0.05) is 11.8 Å². The summed E-state index contributed by atoms with van der Waals surface area (Å²) >= 11 is 2.82. The Hall–Kier alpha value is -1.35. The van der Waals surface area contributed by atoms with Crippen LogP contribution in [0.5, 0.6) is 0 Å². The summed E-state index contributed by atoms with van der Waals surface area (Å²) in [5, 5.41) is 1.93. The van der Waals surface area contributed by atoms with Gasteiger partial charge in [0.1, 0.15) is 11.6 Å². The van der Waals surface area contributed by atoms with Crippen molar-refractivity contribution in [2.45, 2.75) is 10.6 Å². The molecule has 1 nitrogen and oxygen atoms in total. The maximum atomic E-state index is 13.4. The van der Waals surface area contributed by atoms with E-state index in [2.05, 4.69) is 11.8 Å². The van der Waals surface area contributed by atoms with Crippen LogP contribution < -0.4 is 5.73 Å². The SMILES string of the molecule is NCC#Cc1csc(CSc2cc(F)ccc2F)c1. The predicted molar refractivity (Wildman–Crippen MR) is 76.2 cm³/mol. The number of hydrogen-bond donors (Lipinski definition) is 1. The van der Waals surface area contributed by atoms with E-state index in [0.29, 0.717) is 17.2 Å². The monoisotopic (exact) mass is 295 g/mol. The Bertz CT molecular complexity index is 626. The van der Waals surface area contributed by atoms with Gasteiger partial charge in [-0.05, 0) is 24.3 Å². The highest BCUT2D eigenvalue weighted by atomic mass is 32.2. The van der Waals surface area contributed by atoms with E-state index in [1.54, 1.807) is 11.3 Å². The van der Waals surface area contributed by atoms with Gasteiger partial charge in [0.05, 0.1) is 6.54 Å². The minimum absolute atomic E-state index is 0.322. The highest BCUT2D eigenvalue weighted by molar-refractivity contribution is 7.98. The molecule has 2 aromatic rings. The molecule has 0 amide bonds. The molecule has 98 valence electrons. The third-order valence-corrected chi connectivity index (χ3v) is 4.45. The summed E-state index contributed by atoms with van der Waals surface area (Å²) in [4.78, 5) is 1.39. The minimum atomic E-state index is -0.426. The van der Waals surface area contributed by atoms with Crippen molar-refractivity contribution in [1.29, 1.82) is 0 Å². The standard InChI is InChI=1S/C14H11F2NS2/c15-11-3-4-13(16)14(7-11)19-9-12-6-10(8-18-12)2-1-5-17/h3-4,6-8H,5,9,17H2. The third-order valence-electron chi connectivity index (χ3n) is 2.25. The second kappa shape index (κ2) is 6.71. The van der Waals surface area contributed by atoms with Crippen LogP contribution in [0.3, 0.4) is 0 Å². The molecule has 1 aromatic heterocycles. The largest absolute Gasteiger partial charge is 0.320 e. The Morgan fingerprint density at radius 1 is 1.26 bits per heavy atom. The minimum Gasteiger partial charge on any atom is -0.320 e. The Labute approximate surface area is 118 Å². The Morgan fingerprint density at radius 2 is 2.11 bits per heavy atom. The molecule has 0 fully saturated rings. The van der Waals surface area contributed by atoms with Gasteiger partial charge in [-0.25, -0.2) is 8.78 Å². The first-order chi connectivity index (χ1) is 9.19. The molecule has 0 aliphatic heterocycles. The molecule has 0 bridgehead atoms. The van der Waals surface area contributed by atoms with E-state index in [1.165, 1.54) is 17.8 Å². The smallest absolute Gasteiger partial charge is 0.136 e. The lowest BCUT2D eigenvalue weighted by Crippen LogP contribution is -1.92. The summed E-state index contributed by atoms with van der Waals surface area (Å²) in [6.45, 7) is 0.328. The van der Waals surface area contributed by atoms with Gasteiger partial charge in [0, 0.05) is 26.5 Å². The summed E-state index contributed by atoms with van der Waals surface area (Å²) in [5.41, 5.74) is 6.21. The van der Waals surface area contributed by atoms with E-state index in [0.717, 1.165) is 22.6 Å². The lowest BCUT2D eigenvalue weighted by molar-refractivity contribution is 0.577. The predicted octanol–water partition coefficient (Wildman–Crippen LogP) is 3.63. The van der Waals surface area contributed by atoms with Gasteiger partial charge in [0.2, 0.25) is 0 Å². The van der Waals surface area contributed by atoms with E-state index in [1.807, 2.05) is 11.4 Å². The van der Waals surface area contributed by atoms with Crippen LogP contribution in [0, 0.1) is 23.5 Å². The van der Waals surface area contributed by atoms with Crippen LogP contribution >= 0.6 is 23.1 Å². The first kappa shape index (κ1) is 14.1. The number of benzene rings is 1. The van der Waals surface area contributed by atoms with E-state index in [9.17, 15) is 8.78 Å². The topological polar surface area (TPSA) is 26.0 Å². The molecule has 19 heavy (non-hydrogen) atoms. The molecule has 0 saturated carbocycles. The van der Waals surface area contributed by atoms with Gasteiger partial charge in [-0.2, -0.15) is 0 Å². The van der Waals surface area contributed by atoms with Crippen molar-refractivity contribution in [2.75, 3.05) is 6.54 Å². The highest BCUT2D eigenvalue weighted by Gasteiger charge is 2.06. The molecule has 0 unspecified atom stereocenters. The van der Waals surface area contributed by atoms with Crippen molar-refractivity contribution in [2.24, 2.45) is 5.73 Å². The Balaban J connectivity index is 2.02. The van der Waals surface area contributed by atoms with Crippen LogP contribution in [0.1, 0.15) is 10.4 Å². The number of hydrogen-bond acceptors (Lipinski definition) is 3. The zero-order chi connectivity index (χ0) is 13.7. The van der Waals surface area contributed by atoms with Crippen LogP contribution in [-0.4, -0.2) is 6.54 Å². The van der Waals surface area contributed by atoms with Crippen molar-refractivity contribution >= 4 is 23.1 Å². The number of rotatable bonds is 3. The van der Waals surface area contributed by atoms with Crippen LogP contribution in [0.2, 0.25) is 0 Å². The van der Waals surface area contributed by atoms with E-state index < -0.39 is 11.6 Å². The lowest BCUT2D eigenvalue weighted by atomic mass is 10.3. The van der Waals surface area contributed by atoms with Crippen molar-refractivity contribution in [1.82, 2.24) is 0 Å². The molecule has 0 spiro atoms. The van der Waals surface area contributed by atoms with Gasteiger partial charge < -0.3 is 5.73 Å². The summed E-state index contributed by atoms with van der Waals surface area (Å²) in [6, 6.07) is 5.41. The molecular formula is C14H11F2NS2. The summed E-state index contributed by atoms with van der Waals surface area (Å²) in [7, 11) is 0. The van der Waals surface area contributed by atoms with E-state index in [-0.39, 0.29) is 0 Å². The number of halogens is 2. The zero-order valence-electron chi connectivity index (χ0n) is 9.95. The van der Waals surface area contributed by atoms with Crippen LogP contribution in [0.25, 0.3) is 0 Å². The van der Waals surface area contributed by atoms with Crippen molar-refractivity contribution in [3.63, 3.8) is 0 Å². The summed E-state index contributed by atoms with van der Waals surface area (Å²) in [5.74, 6) is 5.48. The van der Waals surface area contributed by atoms with Crippen LogP contribution in [0.15, 0.2) is 34.5 Å². The average molecular weight is 295 g/mol. The molecule has 1 aromatic carbocycles. The Morgan fingerprint density at radius 3 is 2.89 bits per heavy atom.